The van der Waals surface area contributed by atoms with E-state index in [0.717, 1.165) is 30.0 Å². The molecular weight excluding hydrogens is 390 g/mol. The zero-order valence-corrected chi connectivity index (χ0v) is 17.8. The molecule has 3 aliphatic rings. The van der Waals surface area contributed by atoms with Gasteiger partial charge in [-0.25, -0.2) is 0 Å². The van der Waals surface area contributed by atoms with Crippen LogP contribution in [0.4, 0.5) is 0 Å². The van der Waals surface area contributed by atoms with Gasteiger partial charge in [-0.3, -0.25) is 14.4 Å². The van der Waals surface area contributed by atoms with Gasteiger partial charge in [0, 0.05) is 18.7 Å². The van der Waals surface area contributed by atoms with Crippen LogP contribution in [-0.2, 0) is 9.59 Å². The summed E-state index contributed by atoms with van der Waals surface area (Å²) < 4.78 is 0. The fourth-order valence-corrected chi connectivity index (χ4v) is 5.41. The van der Waals surface area contributed by atoms with Crippen molar-refractivity contribution in [2.45, 2.75) is 50.6 Å². The summed E-state index contributed by atoms with van der Waals surface area (Å²) in [5, 5.41) is 5.07. The summed E-state index contributed by atoms with van der Waals surface area (Å²) in [5.74, 6) is 0.328. The second kappa shape index (κ2) is 8.33. The first-order valence-corrected chi connectivity index (χ1v) is 11.5. The van der Waals surface area contributed by atoms with E-state index in [1.54, 1.807) is 9.80 Å². The van der Waals surface area contributed by atoms with Crippen LogP contribution in [0.15, 0.2) is 42.5 Å². The average Bonchev–Trinajstić information content (AvgIpc) is 2.82. The van der Waals surface area contributed by atoms with Gasteiger partial charge in [-0.05, 0) is 35.2 Å². The van der Waals surface area contributed by atoms with Crippen LogP contribution in [0.5, 0.6) is 0 Å². The standard InChI is InChI=1S/C25H29N3O3/c29-23-22-16-27(24(30)20-11-10-18-8-4-5-9-19(18)15-20)12-13-28(22)25(31)21(26-23)14-17-6-2-1-3-7-17/h4-5,8-11,15,17,21-22H,1-3,6-7,12-14,16H2,(H,26,29)/t21-,22+/m0/s1. The molecule has 6 nitrogen and oxygen atoms in total. The van der Waals surface area contributed by atoms with E-state index in [0.29, 0.717) is 24.6 Å². The molecule has 0 aromatic heterocycles. The molecule has 162 valence electrons. The molecule has 6 heteroatoms. The number of fused-ring (bicyclic) bond motifs is 2. The number of hydrogen-bond acceptors (Lipinski definition) is 3. The van der Waals surface area contributed by atoms with Crippen molar-refractivity contribution in [3.8, 4) is 0 Å². The van der Waals surface area contributed by atoms with Crippen molar-refractivity contribution in [2.24, 2.45) is 5.92 Å². The topological polar surface area (TPSA) is 69.7 Å². The third kappa shape index (κ3) is 3.91. The Balaban J connectivity index is 1.27. The lowest BCUT2D eigenvalue weighted by atomic mass is 9.84. The van der Waals surface area contributed by atoms with Crippen LogP contribution in [0.1, 0.15) is 48.9 Å². The van der Waals surface area contributed by atoms with Gasteiger partial charge in [0.05, 0.1) is 6.54 Å². The Kier molecular flexibility index (Phi) is 5.38. The molecule has 0 spiro atoms. The Bertz CT molecular complexity index is 1010. The van der Waals surface area contributed by atoms with Gasteiger partial charge in [-0.2, -0.15) is 0 Å². The first-order valence-electron chi connectivity index (χ1n) is 11.5. The summed E-state index contributed by atoms with van der Waals surface area (Å²) >= 11 is 0. The SMILES string of the molecule is O=C1N[C@@H](CC2CCCCC2)C(=O)N2CCN(C(=O)c3ccc4ccccc4c3)C[C@H]12. The molecule has 2 heterocycles. The average molecular weight is 420 g/mol. The zero-order valence-electron chi connectivity index (χ0n) is 17.8. The minimum Gasteiger partial charge on any atom is -0.342 e. The molecule has 3 amide bonds. The molecule has 1 saturated carbocycles. The fraction of sp³-hybridized carbons (Fsp3) is 0.480. The van der Waals surface area contributed by atoms with Gasteiger partial charge in [0.2, 0.25) is 11.8 Å². The number of rotatable bonds is 3. The third-order valence-corrected chi connectivity index (χ3v) is 7.16. The van der Waals surface area contributed by atoms with Gasteiger partial charge in [-0.15, -0.1) is 0 Å². The summed E-state index contributed by atoms with van der Waals surface area (Å²) in [5.41, 5.74) is 0.616. The van der Waals surface area contributed by atoms with E-state index in [1.165, 1.54) is 19.3 Å². The zero-order chi connectivity index (χ0) is 21.4. The van der Waals surface area contributed by atoms with Crippen molar-refractivity contribution >= 4 is 28.5 Å². The number of amides is 3. The van der Waals surface area contributed by atoms with Gasteiger partial charge < -0.3 is 15.1 Å². The fourth-order valence-electron chi connectivity index (χ4n) is 5.41. The first kappa shape index (κ1) is 20.0. The Labute approximate surface area is 182 Å². The van der Waals surface area contributed by atoms with Gasteiger partial charge in [0.25, 0.3) is 5.91 Å². The quantitative estimate of drug-likeness (QED) is 0.832. The highest BCUT2D eigenvalue weighted by atomic mass is 16.2. The lowest BCUT2D eigenvalue weighted by molar-refractivity contribution is -0.152. The largest absolute Gasteiger partial charge is 0.342 e. The highest BCUT2D eigenvalue weighted by molar-refractivity contribution is 6.01. The Morgan fingerprint density at radius 1 is 0.968 bits per heavy atom. The summed E-state index contributed by atoms with van der Waals surface area (Å²) in [4.78, 5) is 42.5. The summed E-state index contributed by atoms with van der Waals surface area (Å²) in [6, 6.07) is 12.6. The highest BCUT2D eigenvalue weighted by Gasteiger charge is 2.44. The maximum Gasteiger partial charge on any atom is 0.254 e. The van der Waals surface area contributed by atoms with Crippen LogP contribution in [0, 0.1) is 5.92 Å². The van der Waals surface area contributed by atoms with Crippen LogP contribution in [0.2, 0.25) is 0 Å². The highest BCUT2D eigenvalue weighted by Crippen LogP contribution is 2.29. The molecule has 31 heavy (non-hydrogen) atoms. The molecule has 5 rings (SSSR count). The molecule has 0 bridgehead atoms. The maximum absolute atomic E-state index is 13.1. The normalized spacial score (nSPS) is 24.8. The second-order valence-electron chi connectivity index (χ2n) is 9.16. The van der Waals surface area contributed by atoms with Crippen molar-refractivity contribution in [1.29, 1.82) is 0 Å². The molecule has 1 N–H and O–H groups in total. The predicted octanol–water partition coefficient (Wildman–Crippen LogP) is 2.96. The molecule has 2 aliphatic heterocycles. The molecule has 2 saturated heterocycles. The van der Waals surface area contributed by atoms with Crippen molar-refractivity contribution in [1.82, 2.24) is 15.1 Å². The van der Waals surface area contributed by atoms with Crippen LogP contribution in [-0.4, -0.2) is 59.2 Å². The number of carbonyl (C=O) groups excluding carboxylic acids is 3. The first-order chi connectivity index (χ1) is 15.1. The minimum absolute atomic E-state index is 0.0213. The number of carbonyl (C=O) groups is 3. The number of benzene rings is 2. The lowest BCUT2D eigenvalue weighted by Crippen LogP contribution is -2.69. The molecule has 2 aromatic carbocycles. The Morgan fingerprint density at radius 3 is 2.55 bits per heavy atom. The van der Waals surface area contributed by atoms with Crippen LogP contribution < -0.4 is 5.32 Å². The van der Waals surface area contributed by atoms with Gasteiger partial charge in [-0.1, -0.05) is 62.4 Å². The Morgan fingerprint density at radius 2 is 1.74 bits per heavy atom. The van der Waals surface area contributed by atoms with Crippen molar-refractivity contribution < 1.29 is 14.4 Å². The van der Waals surface area contributed by atoms with Crippen molar-refractivity contribution in [2.75, 3.05) is 19.6 Å². The lowest BCUT2D eigenvalue weighted by Gasteiger charge is -2.45. The van der Waals surface area contributed by atoms with Crippen molar-refractivity contribution in [3.63, 3.8) is 0 Å². The second-order valence-corrected chi connectivity index (χ2v) is 9.16. The maximum atomic E-state index is 13.1. The summed E-state index contributed by atoms with van der Waals surface area (Å²) in [7, 11) is 0. The number of nitrogens with one attached hydrogen (secondary N) is 1. The minimum atomic E-state index is -0.590. The Hall–Kier alpha value is -2.89. The van der Waals surface area contributed by atoms with Crippen molar-refractivity contribution in [3.05, 3.63) is 48.0 Å². The molecule has 0 unspecified atom stereocenters. The van der Waals surface area contributed by atoms with Crippen LogP contribution in [0.25, 0.3) is 10.8 Å². The van der Waals surface area contributed by atoms with E-state index in [9.17, 15) is 14.4 Å². The molecule has 2 atom stereocenters. The summed E-state index contributed by atoms with van der Waals surface area (Å²) in [6.07, 6.45) is 6.76. The van der Waals surface area contributed by atoms with E-state index in [2.05, 4.69) is 5.32 Å². The van der Waals surface area contributed by atoms with E-state index >= 15 is 0 Å². The van der Waals surface area contributed by atoms with Crippen LogP contribution >= 0.6 is 0 Å². The predicted molar refractivity (Wildman–Crippen MR) is 118 cm³/mol. The molecule has 2 aromatic rings. The van der Waals surface area contributed by atoms with Gasteiger partial charge in [0.15, 0.2) is 0 Å². The smallest absolute Gasteiger partial charge is 0.254 e. The van der Waals surface area contributed by atoms with Gasteiger partial charge >= 0.3 is 0 Å². The number of piperazine rings is 2. The molecule has 3 fully saturated rings. The molecule has 0 radical (unpaired) electrons. The van der Waals surface area contributed by atoms with E-state index in [1.807, 2.05) is 42.5 Å². The van der Waals surface area contributed by atoms with Gasteiger partial charge in [0.1, 0.15) is 12.1 Å². The summed E-state index contributed by atoms with van der Waals surface area (Å²) in [6.45, 7) is 1.12. The van der Waals surface area contributed by atoms with E-state index < -0.39 is 12.1 Å². The number of hydrogen-bond donors (Lipinski definition) is 1. The number of nitrogens with zero attached hydrogens (tertiary/aromatic N) is 2. The monoisotopic (exact) mass is 419 g/mol. The van der Waals surface area contributed by atoms with Crippen LogP contribution in [0.3, 0.4) is 0 Å². The van der Waals surface area contributed by atoms with E-state index in [-0.39, 0.29) is 24.3 Å². The third-order valence-electron chi connectivity index (χ3n) is 7.16. The molecular formula is C25H29N3O3. The molecule has 1 aliphatic carbocycles. The van der Waals surface area contributed by atoms with E-state index in [4.69, 9.17) is 0 Å².